The third kappa shape index (κ3) is 3.37. The summed E-state index contributed by atoms with van der Waals surface area (Å²) in [6, 6.07) is 2.76. The van der Waals surface area contributed by atoms with Crippen molar-refractivity contribution in [2.45, 2.75) is 24.3 Å². The number of benzene rings is 1. The summed E-state index contributed by atoms with van der Waals surface area (Å²) < 4.78 is 53.5. The molecule has 0 amide bonds. The second kappa shape index (κ2) is 5.78. The Morgan fingerprint density at radius 2 is 2.00 bits per heavy atom. The summed E-state index contributed by atoms with van der Waals surface area (Å²) in [7, 11) is -3.91. The van der Waals surface area contributed by atoms with E-state index in [-0.39, 0.29) is 22.7 Å². The van der Waals surface area contributed by atoms with Gasteiger partial charge in [0.25, 0.3) is 0 Å². The summed E-state index contributed by atoms with van der Waals surface area (Å²) >= 11 is 0. The molecule has 1 heterocycles. The first-order valence-corrected chi connectivity index (χ1v) is 7.53. The van der Waals surface area contributed by atoms with Gasteiger partial charge < -0.3 is 5.73 Å². The molecule has 0 saturated carbocycles. The number of rotatable bonds is 5. The molecule has 114 valence electrons. The quantitative estimate of drug-likeness (QED) is 0.771. The molecule has 0 spiro atoms. The van der Waals surface area contributed by atoms with E-state index < -0.39 is 27.7 Å². The lowest BCUT2D eigenvalue weighted by Crippen LogP contribution is -2.34. The number of sulfonamides is 1. The van der Waals surface area contributed by atoms with Gasteiger partial charge in [-0.1, -0.05) is 6.07 Å². The van der Waals surface area contributed by atoms with Crippen LogP contribution in [-0.2, 0) is 16.4 Å². The molecule has 0 aliphatic heterocycles. The van der Waals surface area contributed by atoms with Crippen LogP contribution in [0, 0.1) is 11.6 Å². The molecule has 6 nitrogen and oxygen atoms in total. The molecule has 0 bridgehead atoms. The van der Waals surface area contributed by atoms with Gasteiger partial charge in [0.05, 0.1) is 6.20 Å². The first-order chi connectivity index (χ1) is 9.81. The van der Waals surface area contributed by atoms with E-state index in [1.54, 1.807) is 0 Å². The van der Waals surface area contributed by atoms with Crippen molar-refractivity contribution in [3.8, 4) is 0 Å². The standard InChI is InChI=1S/C12H14F2N4O2S/c1-7(5-8-9(13)3-2-4-10(8)14)18-21(19,20)11-6-16-17-12(11)15/h2-4,6-7,18H,5H2,1H3,(H3,15,16,17). The Morgan fingerprint density at radius 1 is 1.38 bits per heavy atom. The van der Waals surface area contributed by atoms with Gasteiger partial charge in [0, 0.05) is 11.6 Å². The van der Waals surface area contributed by atoms with Crippen LogP contribution >= 0.6 is 0 Å². The monoisotopic (exact) mass is 316 g/mol. The Bertz CT molecular complexity index is 725. The molecular weight excluding hydrogens is 302 g/mol. The average molecular weight is 316 g/mol. The highest BCUT2D eigenvalue weighted by molar-refractivity contribution is 7.89. The Kier molecular flexibility index (Phi) is 4.24. The Hall–Kier alpha value is -2.00. The number of nitrogens with two attached hydrogens (primary N) is 1. The van der Waals surface area contributed by atoms with E-state index in [0.29, 0.717) is 0 Å². The van der Waals surface area contributed by atoms with Crippen molar-refractivity contribution in [3.63, 3.8) is 0 Å². The zero-order chi connectivity index (χ0) is 15.6. The number of hydrogen-bond acceptors (Lipinski definition) is 4. The molecular formula is C12H14F2N4O2S. The first-order valence-electron chi connectivity index (χ1n) is 6.05. The Balaban J connectivity index is 2.16. The molecule has 0 aliphatic rings. The van der Waals surface area contributed by atoms with Crippen molar-refractivity contribution in [1.82, 2.24) is 14.9 Å². The van der Waals surface area contributed by atoms with Gasteiger partial charge >= 0.3 is 0 Å². The summed E-state index contributed by atoms with van der Waals surface area (Å²) in [5, 5.41) is 5.82. The van der Waals surface area contributed by atoms with Crippen LogP contribution in [0.25, 0.3) is 0 Å². The molecule has 9 heteroatoms. The van der Waals surface area contributed by atoms with E-state index in [1.165, 1.54) is 13.0 Å². The molecule has 0 fully saturated rings. The predicted octanol–water partition coefficient (Wildman–Crippen LogP) is 1.18. The Labute approximate surface area is 120 Å². The number of nitrogens with one attached hydrogen (secondary N) is 2. The lowest BCUT2D eigenvalue weighted by Gasteiger charge is -2.14. The van der Waals surface area contributed by atoms with Crippen LogP contribution in [0.1, 0.15) is 12.5 Å². The van der Waals surface area contributed by atoms with Crippen molar-refractivity contribution in [3.05, 3.63) is 41.6 Å². The summed E-state index contributed by atoms with van der Waals surface area (Å²) in [5.41, 5.74) is 5.27. The zero-order valence-electron chi connectivity index (χ0n) is 11.1. The molecule has 1 aromatic heterocycles. The van der Waals surface area contributed by atoms with E-state index in [4.69, 9.17) is 5.73 Å². The van der Waals surface area contributed by atoms with Gasteiger partial charge in [0.1, 0.15) is 22.3 Å². The maximum atomic E-state index is 13.5. The summed E-state index contributed by atoms with van der Waals surface area (Å²) in [6.45, 7) is 1.50. The molecule has 0 aliphatic carbocycles. The minimum atomic E-state index is -3.91. The van der Waals surface area contributed by atoms with Crippen molar-refractivity contribution < 1.29 is 17.2 Å². The third-order valence-corrected chi connectivity index (χ3v) is 4.47. The highest BCUT2D eigenvalue weighted by Gasteiger charge is 2.23. The van der Waals surface area contributed by atoms with Gasteiger partial charge in [-0.3, -0.25) is 5.10 Å². The number of halogens is 2. The van der Waals surface area contributed by atoms with E-state index in [0.717, 1.165) is 18.3 Å². The van der Waals surface area contributed by atoms with Gasteiger partial charge in [0.15, 0.2) is 0 Å². The number of hydrogen-bond donors (Lipinski definition) is 3. The zero-order valence-corrected chi connectivity index (χ0v) is 11.9. The fraction of sp³-hybridized carbons (Fsp3) is 0.250. The highest BCUT2D eigenvalue weighted by Crippen LogP contribution is 2.17. The Morgan fingerprint density at radius 3 is 2.52 bits per heavy atom. The molecule has 0 radical (unpaired) electrons. The van der Waals surface area contributed by atoms with E-state index >= 15 is 0 Å². The molecule has 1 aromatic carbocycles. The predicted molar refractivity (Wildman–Crippen MR) is 72.8 cm³/mol. The van der Waals surface area contributed by atoms with Crippen LogP contribution in [0.15, 0.2) is 29.3 Å². The number of aromatic nitrogens is 2. The third-order valence-electron chi connectivity index (χ3n) is 2.85. The van der Waals surface area contributed by atoms with Crippen LogP contribution in [0.5, 0.6) is 0 Å². The van der Waals surface area contributed by atoms with Crippen LogP contribution in [0.2, 0.25) is 0 Å². The molecule has 2 aromatic rings. The minimum absolute atomic E-state index is 0.105. The average Bonchev–Trinajstić information content (AvgIpc) is 2.80. The van der Waals surface area contributed by atoms with Gasteiger partial charge in [-0.05, 0) is 25.5 Å². The van der Waals surface area contributed by atoms with Crippen LogP contribution in [0.4, 0.5) is 14.6 Å². The van der Waals surface area contributed by atoms with E-state index in [9.17, 15) is 17.2 Å². The number of nitrogen functional groups attached to an aromatic ring is 1. The van der Waals surface area contributed by atoms with Crippen molar-refractivity contribution in [2.24, 2.45) is 0 Å². The van der Waals surface area contributed by atoms with Gasteiger partial charge in [-0.2, -0.15) is 5.10 Å². The smallest absolute Gasteiger partial charge is 0.246 e. The second-order valence-corrected chi connectivity index (χ2v) is 6.26. The minimum Gasteiger partial charge on any atom is -0.383 e. The van der Waals surface area contributed by atoms with Crippen LogP contribution in [0.3, 0.4) is 0 Å². The summed E-state index contributed by atoms with van der Waals surface area (Å²) in [6.07, 6.45) is 0.934. The number of H-pyrrole nitrogens is 1. The molecule has 0 saturated heterocycles. The summed E-state index contributed by atoms with van der Waals surface area (Å²) in [4.78, 5) is -0.205. The number of aromatic amines is 1. The van der Waals surface area contributed by atoms with Crippen molar-refractivity contribution >= 4 is 15.8 Å². The molecule has 21 heavy (non-hydrogen) atoms. The summed E-state index contributed by atoms with van der Waals surface area (Å²) in [5.74, 6) is -1.54. The van der Waals surface area contributed by atoms with Gasteiger partial charge in [-0.25, -0.2) is 21.9 Å². The molecule has 4 N–H and O–H groups in total. The van der Waals surface area contributed by atoms with Gasteiger partial charge in [-0.15, -0.1) is 0 Å². The lowest BCUT2D eigenvalue weighted by molar-refractivity contribution is 0.523. The fourth-order valence-electron chi connectivity index (χ4n) is 1.90. The lowest BCUT2D eigenvalue weighted by atomic mass is 10.1. The van der Waals surface area contributed by atoms with Gasteiger partial charge in [0.2, 0.25) is 10.0 Å². The largest absolute Gasteiger partial charge is 0.383 e. The van der Waals surface area contributed by atoms with Crippen LogP contribution < -0.4 is 10.5 Å². The number of nitrogens with zero attached hydrogens (tertiary/aromatic N) is 1. The highest BCUT2D eigenvalue weighted by atomic mass is 32.2. The SMILES string of the molecule is CC(Cc1c(F)cccc1F)NS(=O)(=O)c1cn[nH]c1N. The van der Waals surface area contributed by atoms with Crippen molar-refractivity contribution in [2.75, 3.05) is 5.73 Å². The molecule has 1 unspecified atom stereocenters. The second-order valence-electron chi connectivity index (χ2n) is 4.57. The van der Waals surface area contributed by atoms with Crippen LogP contribution in [-0.4, -0.2) is 24.7 Å². The fourth-order valence-corrected chi connectivity index (χ4v) is 3.17. The van der Waals surface area contributed by atoms with Crippen molar-refractivity contribution in [1.29, 1.82) is 0 Å². The molecule has 2 rings (SSSR count). The van der Waals surface area contributed by atoms with E-state index in [2.05, 4.69) is 14.9 Å². The normalized spacial score (nSPS) is 13.3. The maximum Gasteiger partial charge on any atom is 0.246 e. The maximum absolute atomic E-state index is 13.5. The molecule has 1 atom stereocenters. The number of anilines is 1. The topological polar surface area (TPSA) is 101 Å². The van der Waals surface area contributed by atoms with E-state index in [1.807, 2.05) is 0 Å². The first kappa shape index (κ1) is 15.4.